The molecule has 0 saturated carbocycles. The molecular formula is C13H19NO. The first-order valence-corrected chi connectivity index (χ1v) is 5.72. The molecule has 15 heavy (non-hydrogen) atoms. The summed E-state index contributed by atoms with van der Waals surface area (Å²) in [5, 5.41) is 0. The quantitative estimate of drug-likeness (QED) is 0.822. The van der Waals surface area contributed by atoms with E-state index in [1.807, 2.05) is 0 Å². The van der Waals surface area contributed by atoms with E-state index in [9.17, 15) is 0 Å². The Balaban J connectivity index is 2.28. The normalized spacial score (nSPS) is 19.7. The van der Waals surface area contributed by atoms with Crippen LogP contribution in [0.2, 0.25) is 0 Å². The number of aryl methyl sites for hydroxylation is 1. The average Bonchev–Trinajstić information content (AvgIpc) is 2.29. The second-order valence-corrected chi connectivity index (χ2v) is 4.23. The summed E-state index contributed by atoms with van der Waals surface area (Å²) in [4.78, 5) is 0. The van der Waals surface area contributed by atoms with Crippen LogP contribution in [0, 0.1) is 0 Å². The number of fused-ring (bicyclic) bond motifs is 1. The van der Waals surface area contributed by atoms with Gasteiger partial charge in [-0.1, -0.05) is 6.07 Å². The number of nitrogens with two attached hydrogens (primary N) is 1. The van der Waals surface area contributed by atoms with Crippen LogP contribution < -0.4 is 10.5 Å². The molecule has 1 atom stereocenters. The highest BCUT2D eigenvalue weighted by molar-refractivity contribution is 5.39. The Kier molecular flexibility index (Phi) is 3.27. The van der Waals surface area contributed by atoms with Crippen molar-refractivity contribution in [2.75, 3.05) is 13.7 Å². The van der Waals surface area contributed by atoms with Crippen molar-refractivity contribution in [1.29, 1.82) is 0 Å². The molecule has 2 N–H and O–H groups in total. The molecule has 1 aromatic carbocycles. The summed E-state index contributed by atoms with van der Waals surface area (Å²) >= 11 is 0. The summed E-state index contributed by atoms with van der Waals surface area (Å²) in [6, 6.07) is 6.46. The van der Waals surface area contributed by atoms with E-state index in [4.69, 9.17) is 10.5 Å². The minimum absolute atomic E-state index is 0.671. The molecule has 1 aliphatic carbocycles. The van der Waals surface area contributed by atoms with E-state index in [0.29, 0.717) is 5.92 Å². The SMILES string of the molecule is COc1ccc2c(c1)CCCC2CCN. The van der Waals surface area contributed by atoms with Gasteiger partial charge in [-0.25, -0.2) is 0 Å². The zero-order chi connectivity index (χ0) is 10.7. The fourth-order valence-corrected chi connectivity index (χ4v) is 2.52. The number of benzene rings is 1. The second-order valence-electron chi connectivity index (χ2n) is 4.23. The number of rotatable bonds is 3. The van der Waals surface area contributed by atoms with Gasteiger partial charge >= 0.3 is 0 Å². The lowest BCUT2D eigenvalue weighted by molar-refractivity contribution is 0.412. The third-order valence-electron chi connectivity index (χ3n) is 3.30. The van der Waals surface area contributed by atoms with Gasteiger partial charge in [0.2, 0.25) is 0 Å². The molecule has 0 aromatic heterocycles. The van der Waals surface area contributed by atoms with Gasteiger partial charge in [-0.2, -0.15) is 0 Å². The molecule has 0 aliphatic heterocycles. The van der Waals surface area contributed by atoms with Gasteiger partial charge in [0.1, 0.15) is 5.75 Å². The molecule has 1 unspecified atom stereocenters. The predicted octanol–water partition coefficient (Wildman–Crippen LogP) is 2.46. The molecule has 0 saturated heterocycles. The van der Waals surface area contributed by atoms with Crippen molar-refractivity contribution in [2.24, 2.45) is 5.73 Å². The van der Waals surface area contributed by atoms with E-state index in [1.54, 1.807) is 7.11 Å². The fourth-order valence-electron chi connectivity index (χ4n) is 2.52. The first kappa shape index (κ1) is 10.5. The van der Waals surface area contributed by atoms with Crippen molar-refractivity contribution < 1.29 is 4.74 Å². The third kappa shape index (κ3) is 2.15. The maximum Gasteiger partial charge on any atom is 0.119 e. The van der Waals surface area contributed by atoms with Crippen LogP contribution in [0.1, 0.15) is 36.3 Å². The Labute approximate surface area is 91.4 Å². The van der Waals surface area contributed by atoms with Crippen molar-refractivity contribution in [3.8, 4) is 5.75 Å². The molecule has 1 aromatic rings. The highest BCUT2D eigenvalue weighted by Gasteiger charge is 2.19. The zero-order valence-electron chi connectivity index (χ0n) is 9.33. The monoisotopic (exact) mass is 205 g/mol. The first-order valence-electron chi connectivity index (χ1n) is 5.72. The highest BCUT2D eigenvalue weighted by Crippen LogP contribution is 2.35. The second kappa shape index (κ2) is 4.67. The van der Waals surface area contributed by atoms with E-state index >= 15 is 0 Å². The Hall–Kier alpha value is -1.02. The number of ether oxygens (including phenoxy) is 1. The maximum atomic E-state index is 5.65. The number of methoxy groups -OCH3 is 1. The minimum atomic E-state index is 0.671. The number of hydrogen-bond donors (Lipinski definition) is 1. The largest absolute Gasteiger partial charge is 0.497 e. The summed E-state index contributed by atoms with van der Waals surface area (Å²) in [6.07, 6.45) is 4.87. The fraction of sp³-hybridized carbons (Fsp3) is 0.538. The van der Waals surface area contributed by atoms with E-state index in [2.05, 4.69) is 18.2 Å². The average molecular weight is 205 g/mol. The van der Waals surface area contributed by atoms with Crippen molar-refractivity contribution in [2.45, 2.75) is 31.6 Å². The van der Waals surface area contributed by atoms with E-state index < -0.39 is 0 Å². The van der Waals surface area contributed by atoms with Gasteiger partial charge in [0.15, 0.2) is 0 Å². The summed E-state index contributed by atoms with van der Waals surface area (Å²) in [7, 11) is 1.72. The molecular weight excluding hydrogens is 186 g/mol. The van der Waals surface area contributed by atoms with Gasteiger partial charge in [0.05, 0.1) is 7.11 Å². The molecule has 0 spiro atoms. The molecule has 2 nitrogen and oxygen atoms in total. The van der Waals surface area contributed by atoms with Crippen molar-refractivity contribution in [3.05, 3.63) is 29.3 Å². The Morgan fingerprint density at radius 2 is 2.33 bits per heavy atom. The molecule has 2 heteroatoms. The van der Waals surface area contributed by atoms with Crippen LogP contribution in [0.15, 0.2) is 18.2 Å². The molecule has 1 aliphatic rings. The third-order valence-corrected chi connectivity index (χ3v) is 3.30. The Morgan fingerprint density at radius 3 is 3.07 bits per heavy atom. The van der Waals surface area contributed by atoms with Crippen LogP contribution in [0.4, 0.5) is 0 Å². The van der Waals surface area contributed by atoms with Crippen LogP contribution in [-0.2, 0) is 6.42 Å². The van der Waals surface area contributed by atoms with E-state index in [1.165, 1.54) is 30.4 Å². The Morgan fingerprint density at radius 1 is 1.47 bits per heavy atom. The molecule has 0 bridgehead atoms. The van der Waals surface area contributed by atoms with Crippen molar-refractivity contribution in [1.82, 2.24) is 0 Å². The summed E-state index contributed by atoms with van der Waals surface area (Å²) in [6.45, 7) is 0.788. The van der Waals surface area contributed by atoms with Gasteiger partial charge in [0, 0.05) is 0 Å². The first-order chi connectivity index (χ1) is 7.35. The predicted molar refractivity (Wildman–Crippen MR) is 62.3 cm³/mol. The van der Waals surface area contributed by atoms with Gasteiger partial charge in [0.25, 0.3) is 0 Å². The smallest absolute Gasteiger partial charge is 0.119 e. The van der Waals surface area contributed by atoms with Crippen LogP contribution >= 0.6 is 0 Å². The topological polar surface area (TPSA) is 35.2 Å². The minimum Gasteiger partial charge on any atom is -0.497 e. The lowest BCUT2D eigenvalue weighted by Crippen LogP contribution is -2.13. The molecule has 0 fully saturated rings. The van der Waals surface area contributed by atoms with Crippen molar-refractivity contribution in [3.63, 3.8) is 0 Å². The lowest BCUT2D eigenvalue weighted by Gasteiger charge is -2.25. The highest BCUT2D eigenvalue weighted by atomic mass is 16.5. The van der Waals surface area contributed by atoms with Crippen LogP contribution in [0.3, 0.4) is 0 Å². The molecule has 0 amide bonds. The zero-order valence-corrected chi connectivity index (χ0v) is 9.33. The lowest BCUT2D eigenvalue weighted by atomic mass is 9.81. The van der Waals surface area contributed by atoms with Crippen LogP contribution in [-0.4, -0.2) is 13.7 Å². The van der Waals surface area contributed by atoms with Gasteiger partial charge in [-0.3, -0.25) is 0 Å². The molecule has 82 valence electrons. The maximum absolute atomic E-state index is 5.65. The molecule has 0 radical (unpaired) electrons. The van der Waals surface area contributed by atoms with Gasteiger partial charge < -0.3 is 10.5 Å². The summed E-state index contributed by atoms with van der Waals surface area (Å²) in [5.41, 5.74) is 8.60. The van der Waals surface area contributed by atoms with Crippen LogP contribution in [0.25, 0.3) is 0 Å². The van der Waals surface area contributed by atoms with Crippen molar-refractivity contribution >= 4 is 0 Å². The molecule has 0 heterocycles. The summed E-state index contributed by atoms with van der Waals surface area (Å²) in [5.74, 6) is 1.65. The van der Waals surface area contributed by atoms with Gasteiger partial charge in [-0.15, -0.1) is 0 Å². The van der Waals surface area contributed by atoms with E-state index in [-0.39, 0.29) is 0 Å². The molecule has 2 rings (SSSR count). The van der Waals surface area contributed by atoms with E-state index in [0.717, 1.165) is 18.7 Å². The summed E-state index contributed by atoms with van der Waals surface area (Å²) < 4.78 is 5.25. The van der Waals surface area contributed by atoms with Crippen LogP contribution in [0.5, 0.6) is 5.75 Å². The van der Waals surface area contributed by atoms with Gasteiger partial charge in [-0.05, 0) is 61.4 Å². The Bertz CT molecular complexity index is 335. The standard InChI is InChI=1S/C13H19NO/c1-15-12-5-6-13-10(7-8-14)3-2-4-11(13)9-12/h5-6,9-10H,2-4,7-8,14H2,1H3. The number of hydrogen-bond acceptors (Lipinski definition) is 2.